The Balaban J connectivity index is 2.16. The largest absolute Gasteiger partial charge is 0.374 e. The Morgan fingerprint density at radius 2 is 2.00 bits per heavy atom. The number of H-pyrrole nitrogens is 1. The summed E-state index contributed by atoms with van der Waals surface area (Å²) in [4.78, 5) is 4.57. The molecule has 0 bridgehead atoms. The molecule has 0 amide bonds. The molecule has 2 heterocycles. The van der Waals surface area contributed by atoms with Crippen LogP contribution in [0.3, 0.4) is 0 Å². The van der Waals surface area contributed by atoms with E-state index >= 15 is 0 Å². The second-order valence-electron chi connectivity index (χ2n) is 4.82. The molecule has 0 spiro atoms. The van der Waals surface area contributed by atoms with E-state index in [4.69, 9.17) is 4.74 Å². The van der Waals surface area contributed by atoms with Gasteiger partial charge >= 0.3 is 0 Å². The van der Waals surface area contributed by atoms with Crippen LogP contribution in [0.4, 0.5) is 0 Å². The molecule has 16 heavy (non-hydrogen) atoms. The summed E-state index contributed by atoms with van der Waals surface area (Å²) in [6.07, 6.45) is 2.58. The van der Waals surface area contributed by atoms with Gasteiger partial charge in [-0.2, -0.15) is 5.10 Å². The lowest BCUT2D eigenvalue weighted by atomic mass is 9.89. The molecule has 4 heteroatoms. The number of nitrogens with one attached hydrogen (secondary N) is 1. The highest BCUT2D eigenvalue weighted by Crippen LogP contribution is 2.38. The van der Waals surface area contributed by atoms with E-state index in [2.05, 4.69) is 42.9 Å². The maximum Gasteiger partial charge on any atom is 0.156 e. The summed E-state index contributed by atoms with van der Waals surface area (Å²) < 4.78 is 5.82. The van der Waals surface area contributed by atoms with E-state index < -0.39 is 0 Å². The fourth-order valence-electron chi connectivity index (χ4n) is 2.52. The fraction of sp³-hybridized carbons (Fsp3) is 0.833. The third-order valence-corrected chi connectivity index (χ3v) is 3.58. The van der Waals surface area contributed by atoms with Crippen LogP contribution in [0.25, 0.3) is 0 Å². The Morgan fingerprint density at radius 3 is 2.56 bits per heavy atom. The van der Waals surface area contributed by atoms with Crippen LogP contribution >= 0.6 is 0 Å². The maximum atomic E-state index is 5.82. The Hall–Kier alpha value is -0.900. The van der Waals surface area contributed by atoms with Crippen LogP contribution in [0, 0.1) is 5.92 Å². The van der Waals surface area contributed by atoms with Gasteiger partial charge in [0.15, 0.2) is 5.82 Å². The quantitative estimate of drug-likeness (QED) is 0.855. The van der Waals surface area contributed by atoms with Gasteiger partial charge in [-0.05, 0) is 26.2 Å². The molecule has 0 radical (unpaired) electrons. The maximum absolute atomic E-state index is 5.82. The van der Waals surface area contributed by atoms with Crippen molar-refractivity contribution in [1.29, 1.82) is 0 Å². The first-order valence-corrected chi connectivity index (χ1v) is 6.20. The Bertz CT molecular complexity index is 350. The minimum atomic E-state index is 0.218. The number of hydrogen-bond donors (Lipinski definition) is 1. The van der Waals surface area contributed by atoms with Crippen LogP contribution in [0.2, 0.25) is 0 Å². The van der Waals surface area contributed by atoms with Gasteiger partial charge in [-0.1, -0.05) is 13.8 Å². The lowest BCUT2D eigenvalue weighted by molar-refractivity contribution is 0.0553. The molecule has 4 atom stereocenters. The molecule has 1 aromatic rings. The van der Waals surface area contributed by atoms with Gasteiger partial charge in [-0.25, -0.2) is 4.98 Å². The van der Waals surface area contributed by atoms with Crippen molar-refractivity contribution in [3.63, 3.8) is 0 Å². The van der Waals surface area contributed by atoms with Crippen molar-refractivity contribution in [2.24, 2.45) is 5.92 Å². The monoisotopic (exact) mass is 223 g/mol. The first-order chi connectivity index (χ1) is 7.63. The Kier molecular flexibility index (Phi) is 3.28. The topological polar surface area (TPSA) is 50.8 Å². The van der Waals surface area contributed by atoms with Crippen molar-refractivity contribution in [2.45, 2.75) is 58.7 Å². The predicted molar refractivity (Wildman–Crippen MR) is 62.3 cm³/mol. The summed E-state index contributed by atoms with van der Waals surface area (Å²) in [6, 6.07) is 0. The predicted octanol–water partition coefficient (Wildman–Crippen LogP) is 2.28. The molecule has 90 valence electrons. The molecule has 1 N–H and O–H groups in total. The molecule has 4 nitrogen and oxygen atoms in total. The van der Waals surface area contributed by atoms with Crippen LogP contribution in [0.15, 0.2) is 0 Å². The molecule has 0 saturated carbocycles. The SMILES string of the molecule is CCCc1nc(C2C(C)OC(C)C2C)n[nH]1. The summed E-state index contributed by atoms with van der Waals surface area (Å²) in [5.41, 5.74) is 0. The first kappa shape index (κ1) is 11.6. The highest BCUT2D eigenvalue weighted by molar-refractivity contribution is 5.06. The second kappa shape index (κ2) is 4.53. The average molecular weight is 223 g/mol. The van der Waals surface area contributed by atoms with Crippen LogP contribution < -0.4 is 0 Å². The number of ether oxygens (including phenoxy) is 1. The van der Waals surface area contributed by atoms with Gasteiger partial charge in [0.1, 0.15) is 5.82 Å². The number of aromatic amines is 1. The van der Waals surface area contributed by atoms with E-state index in [1.807, 2.05) is 0 Å². The lowest BCUT2D eigenvalue weighted by Crippen LogP contribution is -2.16. The van der Waals surface area contributed by atoms with Crippen molar-refractivity contribution in [3.05, 3.63) is 11.6 Å². The summed E-state index contributed by atoms with van der Waals surface area (Å²) in [5, 5.41) is 7.36. The molecule has 4 unspecified atom stereocenters. The molecule has 0 aromatic carbocycles. The van der Waals surface area contributed by atoms with Crippen molar-refractivity contribution in [3.8, 4) is 0 Å². The van der Waals surface area contributed by atoms with Crippen molar-refractivity contribution in [2.75, 3.05) is 0 Å². The summed E-state index contributed by atoms with van der Waals surface area (Å²) in [5.74, 6) is 2.74. The highest BCUT2D eigenvalue weighted by Gasteiger charge is 2.40. The lowest BCUT2D eigenvalue weighted by Gasteiger charge is -2.13. The van der Waals surface area contributed by atoms with E-state index in [1.54, 1.807) is 0 Å². The van der Waals surface area contributed by atoms with Crippen molar-refractivity contribution >= 4 is 0 Å². The molecule has 2 rings (SSSR count). The molecule has 1 aliphatic rings. The van der Waals surface area contributed by atoms with Gasteiger partial charge in [0, 0.05) is 6.42 Å². The minimum Gasteiger partial charge on any atom is -0.374 e. The molecular weight excluding hydrogens is 202 g/mol. The Labute approximate surface area is 96.8 Å². The smallest absolute Gasteiger partial charge is 0.156 e. The number of aromatic nitrogens is 3. The van der Waals surface area contributed by atoms with E-state index in [0.717, 1.165) is 24.5 Å². The number of nitrogens with zero attached hydrogens (tertiary/aromatic N) is 2. The van der Waals surface area contributed by atoms with Gasteiger partial charge in [-0.3, -0.25) is 5.10 Å². The van der Waals surface area contributed by atoms with Crippen LogP contribution in [0.5, 0.6) is 0 Å². The standard InChI is InChI=1S/C12H21N3O/c1-5-6-10-13-12(15-14-10)11-7(2)8(3)16-9(11)4/h7-9,11H,5-6H2,1-4H3,(H,13,14,15). The zero-order valence-corrected chi connectivity index (χ0v) is 10.5. The normalized spacial score (nSPS) is 34.5. The van der Waals surface area contributed by atoms with Crippen LogP contribution in [-0.2, 0) is 11.2 Å². The van der Waals surface area contributed by atoms with Gasteiger partial charge < -0.3 is 4.74 Å². The fourth-order valence-corrected chi connectivity index (χ4v) is 2.52. The van der Waals surface area contributed by atoms with Crippen LogP contribution in [-0.4, -0.2) is 27.4 Å². The number of hydrogen-bond acceptors (Lipinski definition) is 3. The molecule has 0 aliphatic carbocycles. The van der Waals surface area contributed by atoms with Gasteiger partial charge in [0.2, 0.25) is 0 Å². The van der Waals surface area contributed by atoms with Gasteiger partial charge in [0.05, 0.1) is 18.1 Å². The van der Waals surface area contributed by atoms with Gasteiger partial charge in [-0.15, -0.1) is 0 Å². The molecule has 1 aromatic heterocycles. The van der Waals surface area contributed by atoms with Crippen molar-refractivity contribution < 1.29 is 4.74 Å². The second-order valence-corrected chi connectivity index (χ2v) is 4.82. The third-order valence-electron chi connectivity index (χ3n) is 3.58. The molecular formula is C12H21N3O. The van der Waals surface area contributed by atoms with E-state index in [9.17, 15) is 0 Å². The first-order valence-electron chi connectivity index (χ1n) is 6.20. The number of rotatable bonds is 3. The highest BCUT2D eigenvalue weighted by atomic mass is 16.5. The Morgan fingerprint density at radius 1 is 1.25 bits per heavy atom. The van der Waals surface area contributed by atoms with Gasteiger partial charge in [0.25, 0.3) is 0 Å². The average Bonchev–Trinajstić information content (AvgIpc) is 2.75. The zero-order valence-electron chi connectivity index (χ0n) is 10.5. The van der Waals surface area contributed by atoms with E-state index in [0.29, 0.717) is 17.9 Å². The minimum absolute atomic E-state index is 0.218. The summed E-state index contributed by atoms with van der Waals surface area (Å²) in [7, 11) is 0. The molecule has 1 fully saturated rings. The van der Waals surface area contributed by atoms with E-state index in [1.165, 1.54) is 0 Å². The van der Waals surface area contributed by atoms with Crippen LogP contribution in [0.1, 0.15) is 51.7 Å². The van der Waals surface area contributed by atoms with E-state index in [-0.39, 0.29) is 6.10 Å². The summed E-state index contributed by atoms with van der Waals surface area (Å²) in [6.45, 7) is 8.60. The number of aryl methyl sites for hydroxylation is 1. The molecule has 1 saturated heterocycles. The summed E-state index contributed by atoms with van der Waals surface area (Å²) >= 11 is 0. The molecule has 1 aliphatic heterocycles. The third kappa shape index (κ3) is 1.98. The van der Waals surface area contributed by atoms with Crippen molar-refractivity contribution in [1.82, 2.24) is 15.2 Å². The zero-order chi connectivity index (χ0) is 11.7.